The highest BCUT2D eigenvalue weighted by molar-refractivity contribution is 6.29. The Balaban J connectivity index is 2.87. The Labute approximate surface area is 94.9 Å². The third kappa shape index (κ3) is 3.20. The Morgan fingerprint density at radius 1 is 1.47 bits per heavy atom. The summed E-state index contributed by atoms with van der Waals surface area (Å²) in [6.07, 6.45) is 1.57. The van der Waals surface area contributed by atoms with Crippen molar-refractivity contribution in [3.05, 3.63) is 23.0 Å². The van der Waals surface area contributed by atoms with Gasteiger partial charge in [-0.05, 0) is 18.6 Å². The summed E-state index contributed by atoms with van der Waals surface area (Å²) in [7, 11) is 0. The number of amides is 1. The van der Waals surface area contributed by atoms with Gasteiger partial charge in [0.1, 0.15) is 5.15 Å². The maximum absolute atomic E-state index is 11.7. The van der Waals surface area contributed by atoms with Gasteiger partial charge >= 0.3 is 0 Å². The molecule has 0 unspecified atom stereocenters. The van der Waals surface area contributed by atoms with Gasteiger partial charge in [0.2, 0.25) is 5.91 Å². The van der Waals surface area contributed by atoms with E-state index < -0.39 is 5.41 Å². The fourth-order valence-electron chi connectivity index (χ4n) is 0.962. The molecule has 0 aromatic carbocycles. The number of nitrogens with zero attached hydrogens (tertiary/aromatic N) is 1. The van der Waals surface area contributed by atoms with Crippen LogP contribution in [0, 0.1) is 12.3 Å². The van der Waals surface area contributed by atoms with Gasteiger partial charge in [0.05, 0.1) is 11.9 Å². The summed E-state index contributed by atoms with van der Waals surface area (Å²) in [5.74, 6) is -0.0327. The molecule has 4 heteroatoms. The number of carbonyl (C=O) groups excluding carboxylic acids is 1. The monoisotopic (exact) mass is 226 g/mol. The Bertz CT molecular complexity index is 383. The van der Waals surface area contributed by atoms with Gasteiger partial charge in [0.25, 0.3) is 0 Å². The first-order valence-corrected chi connectivity index (χ1v) is 5.12. The van der Waals surface area contributed by atoms with E-state index in [1.54, 1.807) is 12.3 Å². The van der Waals surface area contributed by atoms with Crippen molar-refractivity contribution in [3.8, 4) is 0 Å². The molecule has 0 aliphatic carbocycles. The first-order chi connectivity index (χ1) is 6.80. The minimum absolute atomic E-state index is 0.0327. The average molecular weight is 227 g/mol. The molecular formula is C11H15ClN2O. The predicted molar refractivity (Wildman–Crippen MR) is 62.1 cm³/mol. The second kappa shape index (κ2) is 4.19. The summed E-state index contributed by atoms with van der Waals surface area (Å²) in [5.41, 5.74) is 1.21. The number of carbonyl (C=O) groups is 1. The highest BCUT2D eigenvalue weighted by Crippen LogP contribution is 2.20. The van der Waals surface area contributed by atoms with Crippen molar-refractivity contribution in [3.63, 3.8) is 0 Å². The summed E-state index contributed by atoms with van der Waals surface area (Å²) in [4.78, 5) is 15.6. The van der Waals surface area contributed by atoms with Crippen LogP contribution in [-0.4, -0.2) is 10.9 Å². The van der Waals surface area contributed by atoms with E-state index in [-0.39, 0.29) is 5.91 Å². The quantitative estimate of drug-likeness (QED) is 0.748. The Kier molecular flexibility index (Phi) is 3.35. The SMILES string of the molecule is Cc1cc(Cl)ncc1NC(=O)C(C)(C)C. The molecule has 0 spiro atoms. The molecule has 82 valence electrons. The molecule has 1 N–H and O–H groups in total. The average Bonchev–Trinajstić information content (AvgIpc) is 2.08. The molecule has 0 saturated carbocycles. The third-order valence-corrected chi connectivity index (χ3v) is 2.21. The molecule has 1 amide bonds. The van der Waals surface area contributed by atoms with Crippen LogP contribution in [0.4, 0.5) is 5.69 Å². The van der Waals surface area contributed by atoms with Gasteiger partial charge in [-0.25, -0.2) is 4.98 Å². The standard InChI is InChI=1S/C11H15ClN2O/c1-7-5-9(12)13-6-8(7)14-10(15)11(2,3)4/h5-6H,1-4H3,(H,14,15). The number of aromatic nitrogens is 1. The van der Waals surface area contributed by atoms with Crippen molar-refractivity contribution in [2.75, 3.05) is 5.32 Å². The number of aryl methyl sites for hydroxylation is 1. The van der Waals surface area contributed by atoms with Crippen LogP contribution in [0.2, 0.25) is 5.15 Å². The number of hydrogen-bond donors (Lipinski definition) is 1. The van der Waals surface area contributed by atoms with Gasteiger partial charge in [0, 0.05) is 5.41 Å². The van der Waals surface area contributed by atoms with Gasteiger partial charge in [-0.2, -0.15) is 0 Å². The Morgan fingerprint density at radius 3 is 2.53 bits per heavy atom. The molecule has 0 atom stereocenters. The van der Waals surface area contributed by atoms with Crippen LogP contribution in [0.3, 0.4) is 0 Å². The minimum atomic E-state index is -0.411. The van der Waals surface area contributed by atoms with Gasteiger partial charge < -0.3 is 5.32 Å². The number of hydrogen-bond acceptors (Lipinski definition) is 2. The molecule has 0 fully saturated rings. The first kappa shape index (κ1) is 12.0. The van der Waals surface area contributed by atoms with Crippen molar-refractivity contribution in [2.45, 2.75) is 27.7 Å². The highest BCUT2D eigenvalue weighted by atomic mass is 35.5. The normalized spacial score (nSPS) is 11.3. The van der Waals surface area contributed by atoms with Crippen LogP contribution in [0.1, 0.15) is 26.3 Å². The Hall–Kier alpha value is -1.09. The van der Waals surface area contributed by atoms with Crippen LogP contribution >= 0.6 is 11.6 Å². The van der Waals surface area contributed by atoms with E-state index in [4.69, 9.17) is 11.6 Å². The van der Waals surface area contributed by atoms with Crippen LogP contribution < -0.4 is 5.32 Å². The van der Waals surface area contributed by atoms with Crippen LogP contribution in [0.15, 0.2) is 12.3 Å². The maximum Gasteiger partial charge on any atom is 0.229 e. The lowest BCUT2D eigenvalue weighted by atomic mass is 9.95. The summed E-state index contributed by atoms with van der Waals surface area (Å²) in [6, 6.07) is 1.72. The molecule has 0 aliphatic rings. The largest absolute Gasteiger partial charge is 0.324 e. The summed E-state index contributed by atoms with van der Waals surface area (Å²) >= 11 is 5.72. The molecule has 1 aromatic heterocycles. The number of anilines is 1. The molecule has 0 bridgehead atoms. The predicted octanol–water partition coefficient (Wildman–Crippen LogP) is 3.03. The number of pyridine rings is 1. The molecule has 1 rings (SSSR count). The summed E-state index contributed by atoms with van der Waals surface area (Å²) in [5, 5.41) is 3.25. The number of rotatable bonds is 1. The zero-order chi connectivity index (χ0) is 11.6. The van der Waals surface area contributed by atoms with Crippen molar-refractivity contribution < 1.29 is 4.79 Å². The van der Waals surface area contributed by atoms with Crippen LogP contribution in [-0.2, 0) is 4.79 Å². The maximum atomic E-state index is 11.7. The van der Waals surface area contributed by atoms with E-state index in [9.17, 15) is 4.79 Å². The Morgan fingerprint density at radius 2 is 2.07 bits per heavy atom. The molecule has 0 aliphatic heterocycles. The fourth-order valence-corrected chi connectivity index (χ4v) is 1.17. The van der Waals surface area contributed by atoms with Crippen molar-refractivity contribution in [1.82, 2.24) is 4.98 Å². The lowest BCUT2D eigenvalue weighted by Gasteiger charge is -2.18. The van der Waals surface area contributed by atoms with E-state index in [1.165, 1.54) is 0 Å². The van der Waals surface area contributed by atoms with Gasteiger partial charge in [-0.1, -0.05) is 32.4 Å². The van der Waals surface area contributed by atoms with E-state index in [2.05, 4.69) is 10.3 Å². The van der Waals surface area contributed by atoms with Crippen molar-refractivity contribution >= 4 is 23.2 Å². The fraction of sp³-hybridized carbons (Fsp3) is 0.455. The molecule has 3 nitrogen and oxygen atoms in total. The van der Waals surface area contributed by atoms with Crippen LogP contribution in [0.5, 0.6) is 0 Å². The van der Waals surface area contributed by atoms with E-state index >= 15 is 0 Å². The minimum Gasteiger partial charge on any atom is -0.324 e. The lowest BCUT2D eigenvalue weighted by Crippen LogP contribution is -2.27. The van der Waals surface area contributed by atoms with Gasteiger partial charge in [0.15, 0.2) is 0 Å². The van der Waals surface area contributed by atoms with E-state index in [0.717, 1.165) is 5.56 Å². The van der Waals surface area contributed by atoms with Crippen molar-refractivity contribution in [1.29, 1.82) is 0 Å². The summed E-state index contributed by atoms with van der Waals surface area (Å²) < 4.78 is 0. The second-order valence-corrected chi connectivity index (χ2v) is 4.91. The molecule has 1 heterocycles. The summed E-state index contributed by atoms with van der Waals surface area (Å²) in [6.45, 7) is 7.47. The molecular weight excluding hydrogens is 212 g/mol. The van der Waals surface area contributed by atoms with E-state index in [1.807, 2.05) is 27.7 Å². The van der Waals surface area contributed by atoms with Gasteiger partial charge in [-0.3, -0.25) is 4.79 Å². The molecule has 1 aromatic rings. The molecule has 15 heavy (non-hydrogen) atoms. The smallest absolute Gasteiger partial charge is 0.229 e. The second-order valence-electron chi connectivity index (χ2n) is 4.53. The number of nitrogens with one attached hydrogen (secondary N) is 1. The molecule has 0 saturated heterocycles. The van der Waals surface area contributed by atoms with Crippen molar-refractivity contribution in [2.24, 2.45) is 5.41 Å². The van der Waals surface area contributed by atoms with E-state index in [0.29, 0.717) is 10.8 Å². The topological polar surface area (TPSA) is 42.0 Å². The number of halogens is 1. The first-order valence-electron chi connectivity index (χ1n) is 4.74. The molecule has 0 radical (unpaired) electrons. The lowest BCUT2D eigenvalue weighted by molar-refractivity contribution is -0.123. The highest BCUT2D eigenvalue weighted by Gasteiger charge is 2.21. The third-order valence-electron chi connectivity index (χ3n) is 2.01. The zero-order valence-electron chi connectivity index (χ0n) is 9.39. The van der Waals surface area contributed by atoms with Gasteiger partial charge in [-0.15, -0.1) is 0 Å². The zero-order valence-corrected chi connectivity index (χ0v) is 10.1. The van der Waals surface area contributed by atoms with Crippen LogP contribution in [0.25, 0.3) is 0 Å².